The Kier molecular flexibility index (Phi) is 4.21. The maximum Gasteiger partial charge on any atom is 0.0537 e. The Morgan fingerprint density at radius 3 is 2.94 bits per heavy atom. The first-order valence-electron chi connectivity index (χ1n) is 7.02. The van der Waals surface area contributed by atoms with E-state index in [-0.39, 0.29) is 6.04 Å². The van der Waals surface area contributed by atoms with Gasteiger partial charge in [-0.3, -0.25) is 4.68 Å². The Labute approximate surface area is 104 Å². The lowest BCUT2D eigenvalue weighted by molar-refractivity contribution is 0.416. The molecule has 1 heterocycles. The van der Waals surface area contributed by atoms with Crippen molar-refractivity contribution in [2.24, 2.45) is 17.6 Å². The molecule has 2 N–H and O–H groups in total. The molecular formula is C14H25N3. The smallest absolute Gasteiger partial charge is 0.0537 e. The van der Waals surface area contributed by atoms with E-state index in [0.29, 0.717) is 5.92 Å². The second-order valence-corrected chi connectivity index (χ2v) is 5.41. The molecule has 0 spiro atoms. The van der Waals surface area contributed by atoms with Crippen molar-refractivity contribution < 1.29 is 0 Å². The molecule has 96 valence electrons. The van der Waals surface area contributed by atoms with Crippen LogP contribution in [0.3, 0.4) is 0 Å². The van der Waals surface area contributed by atoms with Gasteiger partial charge in [0, 0.05) is 24.3 Å². The minimum atomic E-state index is 0.192. The topological polar surface area (TPSA) is 43.8 Å². The normalized spacial score (nSPS) is 26.3. The van der Waals surface area contributed by atoms with Crippen LogP contribution < -0.4 is 5.73 Å². The molecular weight excluding hydrogens is 210 g/mol. The highest BCUT2D eigenvalue weighted by atomic mass is 15.3. The Bertz CT molecular complexity index is 345. The van der Waals surface area contributed by atoms with Gasteiger partial charge in [0.2, 0.25) is 0 Å². The maximum absolute atomic E-state index is 6.37. The highest BCUT2D eigenvalue weighted by Gasteiger charge is 2.29. The van der Waals surface area contributed by atoms with Gasteiger partial charge < -0.3 is 5.73 Å². The first-order chi connectivity index (χ1) is 8.24. The summed E-state index contributed by atoms with van der Waals surface area (Å²) in [7, 11) is 0. The molecule has 0 amide bonds. The van der Waals surface area contributed by atoms with Crippen LogP contribution in [0, 0.1) is 11.8 Å². The minimum Gasteiger partial charge on any atom is -0.324 e. The highest BCUT2D eigenvalue weighted by molar-refractivity contribution is 5.11. The lowest BCUT2D eigenvalue weighted by Gasteiger charge is -2.17. The summed E-state index contributed by atoms with van der Waals surface area (Å²) in [4.78, 5) is 0. The molecule has 3 nitrogen and oxygen atoms in total. The molecule has 0 saturated heterocycles. The van der Waals surface area contributed by atoms with Crippen LogP contribution in [0.25, 0.3) is 0 Å². The number of aryl methyl sites for hydroxylation is 1. The fraction of sp³-hybridized carbons (Fsp3) is 0.786. The predicted octanol–water partition coefficient (Wildman–Crippen LogP) is 3.12. The molecule has 1 aromatic heterocycles. The van der Waals surface area contributed by atoms with Crippen molar-refractivity contribution in [3.8, 4) is 0 Å². The lowest BCUT2D eigenvalue weighted by atomic mass is 9.93. The summed E-state index contributed by atoms with van der Waals surface area (Å²) in [5.74, 6) is 1.57. The first-order valence-corrected chi connectivity index (χ1v) is 7.02. The molecule has 3 unspecified atom stereocenters. The van der Waals surface area contributed by atoms with Gasteiger partial charge in [-0.25, -0.2) is 0 Å². The van der Waals surface area contributed by atoms with Crippen molar-refractivity contribution in [2.75, 3.05) is 0 Å². The highest BCUT2D eigenvalue weighted by Crippen LogP contribution is 2.39. The van der Waals surface area contributed by atoms with Gasteiger partial charge in [0.05, 0.1) is 6.20 Å². The van der Waals surface area contributed by atoms with Crippen LogP contribution in [0.4, 0.5) is 0 Å². The van der Waals surface area contributed by atoms with Gasteiger partial charge in [-0.2, -0.15) is 5.10 Å². The van der Waals surface area contributed by atoms with Gasteiger partial charge in [-0.15, -0.1) is 0 Å². The molecule has 0 aromatic carbocycles. The van der Waals surface area contributed by atoms with Gasteiger partial charge >= 0.3 is 0 Å². The van der Waals surface area contributed by atoms with E-state index in [1.165, 1.54) is 31.2 Å². The maximum atomic E-state index is 6.37. The lowest BCUT2D eigenvalue weighted by Crippen LogP contribution is -2.19. The third-order valence-corrected chi connectivity index (χ3v) is 4.16. The molecule has 1 aliphatic rings. The molecule has 2 rings (SSSR count). The van der Waals surface area contributed by atoms with Crippen molar-refractivity contribution >= 4 is 0 Å². The van der Waals surface area contributed by atoms with E-state index in [0.717, 1.165) is 18.9 Å². The monoisotopic (exact) mass is 235 g/mol. The Balaban J connectivity index is 1.96. The van der Waals surface area contributed by atoms with Crippen LogP contribution in [-0.2, 0) is 6.54 Å². The summed E-state index contributed by atoms with van der Waals surface area (Å²) in [5, 5.41) is 4.37. The summed E-state index contributed by atoms with van der Waals surface area (Å²) >= 11 is 0. The minimum absolute atomic E-state index is 0.192. The largest absolute Gasteiger partial charge is 0.324 e. The van der Waals surface area contributed by atoms with Crippen LogP contribution in [0.2, 0.25) is 0 Å². The summed E-state index contributed by atoms with van der Waals surface area (Å²) in [6.45, 7) is 5.46. The van der Waals surface area contributed by atoms with Gasteiger partial charge in [-0.1, -0.05) is 26.7 Å². The average Bonchev–Trinajstić information content (AvgIpc) is 2.97. The second-order valence-electron chi connectivity index (χ2n) is 5.41. The van der Waals surface area contributed by atoms with Crippen LogP contribution in [0.1, 0.15) is 57.6 Å². The molecule has 17 heavy (non-hydrogen) atoms. The summed E-state index contributed by atoms with van der Waals surface area (Å²) < 4.78 is 2.02. The predicted molar refractivity (Wildman–Crippen MR) is 70.6 cm³/mol. The van der Waals surface area contributed by atoms with E-state index in [1.54, 1.807) is 0 Å². The van der Waals surface area contributed by atoms with Crippen molar-refractivity contribution in [1.82, 2.24) is 9.78 Å². The van der Waals surface area contributed by atoms with Crippen molar-refractivity contribution in [1.29, 1.82) is 0 Å². The molecule has 1 saturated carbocycles. The van der Waals surface area contributed by atoms with Crippen LogP contribution in [0.5, 0.6) is 0 Å². The van der Waals surface area contributed by atoms with E-state index >= 15 is 0 Å². The van der Waals surface area contributed by atoms with E-state index in [4.69, 9.17) is 5.73 Å². The Morgan fingerprint density at radius 2 is 2.29 bits per heavy atom. The molecule has 0 aliphatic heterocycles. The van der Waals surface area contributed by atoms with E-state index < -0.39 is 0 Å². The molecule has 1 aliphatic carbocycles. The number of hydrogen-bond acceptors (Lipinski definition) is 2. The zero-order valence-electron chi connectivity index (χ0n) is 11.1. The summed E-state index contributed by atoms with van der Waals surface area (Å²) in [5.41, 5.74) is 7.60. The molecule has 1 aromatic rings. The molecule has 1 fully saturated rings. The number of nitrogens with two attached hydrogens (primary N) is 1. The summed E-state index contributed by atoms with van der Waals surface area (Å²) in [6.07, 6.45) is 10.5. The molecule has 3 atom stereocenters. The number of nitrogens with zero attached hydrogens (tertiary/aromatic N) is 2. The Hall–Kier alpha value is -0.830. The van der Waals surface area contributed by atoms with Crippen LogP contribution in [0.15, 0.2) is 12.4 Å². The van der Waals surface area contributed by atoms with E-state index in [9.17, 15) is 0 Å². The molecule has 0 bridgehead atoms. The fourth-order valence-electron chi connectivity index (χ4n) is 2.99. The number of aromatic nitrogens is 2. The van der Waals surface area contributed by atoms with Gasteiger partial charge in [0.1, 0.15) is 0 Å². The number of rotatable bonds is 5. The van der Waals surface area contributed by atoms with Gasteiger partial charge in [-0.05, 0) is 31.1 Å². The molecule has 0 radical (unpaired) electrons. The standard InChI is InChI=1S/C14H25N3/c1-3-7-17-10-13(9-16-17)14(15)12-6-5-11(4-2)8-12/h9-12,14H,3-8,15H2,1-2H3. The third kappa shape index (κ3) is 2.89. The quantitative estimate of drug-likeness (QED) is 0.852. The molecule has 3 heteroatoms. The fourth-order valence-corrected chi connectivity index (χ4v) is 2.99. The third-order valence-electron chi connectivity index (χ3n) is 4.16. The first kappa shape index (κ1) is 12.6. The van der Waals surface area contributed by atoms with Crippen molar-refractivity contribution in [3.63, 3.8) is 0 Å². The van der Waals surface area contributed by atoms with Crippen molar-refractivity contribution in [2.45, 2.75) is 58.5 Å². The van der Waals surface area contributed by atoms with Crippen molar-refractivity contribution in [3.05, 3.63) is 18.0 Å². The van der Waals surface area contributed by atoms with E-state index in [2.05, 4.69) is 25.1 Å². The zero-order valence-corrected chi connectivity index (χ0v) is 11.1. The van der Waals surface area contributed by atoms with Crippen LogP contribution in [-0.4, -0.2) is 9.78 Å². The van der Waals surface area contributed by atoms with E-state index in [1.807, 2.05) is 10.9 Å². The second kappa shape index (κ2) is 5.67. The Morgan fingerprint density at radius 1 is 1.47 bits per heavy atom. The summed E-state index contributed by atoms with van der Waals surface area (Å²) in [6, 6.07) is 0.192. The number of hydrogen-bond donors (Lipinski definition) is 1. The van der Waals surface area contributed by atoms with Crippen LogP contribution >= 0.6 is 0 Å². The van der Waals surface area contributed by atoms with Gasteiger partial charge in [0.25, 0.3) is 0 Å². The van der Waals surface area contributed by atoms with Gasteiger partial charge in [0.15, 0.2) is 0 Å². The average molecular weight is 235 g/mol. The zero-order chi connectivity index (χ0) is 12.3. The SMILES string of the molecule is CCCn1cc(C(N)C2CCC(CC)C2)cn1.